The molecule has 7 heteroatoms. The molecule has 0 radical (unpaired) electrons. The van der Waals surface area contributed by atoms with E-state index in [1.54, 1.807) is 4.68 Å². The SMILES string of the molecule is Cc1ccccc1-n1nnnc1SCC(=O)Nc1c(C(C)C)cccc1C(C)C. The van der Waals surface area contributed by atoms with Gasteiger partial charge >= 0.3 is 0 Å². The van der Waals surface area contributed by atoms with E-state index < -0.39 is 0 Å². The average molecular weight is 410 g/mol. The number of aromatic nitrogens is 4. The Balaban J connectivity index is 1.76. The Morgan fingerprint density at radius 3 is 2.31 bits per heavy atom. The van der Waals surface area contributed by atoms with Crippen LogP contribution < -0.4 is 5.32 Å². The number of carbonyl (C=O) groups is 1. The molecule has 2 aromatic carbocycles. The molecule has 0 atom stereocenters. The van der Waals surface area contributed by atoms with Crippen LogP contribution in [0.15, 0.2) is 47.6 Å². The van der Waals surface area contributed by atoms with E-state index in [-0.39, 0.29) is 11.7 Å². The van der Waals surface area contributed by atoms with E-state index in [0.29, 0.717) is 17.0 Å². The number of aryl methyl sites for hydroxylation is 1. The molecule has 1 amide bonds. The fourth-order valence-corrected chi connectivity index (χ4v) is 3.91. The number of para-hydroxylation sites is 2. The van der Waals surface area contributed by atoms with Gasteiger partial charge in [0.05, 0.1) is 11.4 Å². The number of hydrogen-bond acceptors (Lipinski definition) is 5. The molecule has 0 aliphatic carbocycles. The predicted molar refractivity (Wildman–Crippen MR) is 118 cm³/mol. The molecule has 0 bridgehead atoms. The van der Waals surface area contributed by atoms with Gasteiger partial charge in [-0.25, -0.2) is 0 Å². The second-order valence-corrected chi connectivity index (χ2v) is 8.56. The van der Waals surface area contributed by atoms with Crippen LogP contribution in [0, 0.1) is 6.92 Å². The van der Waals surface area contributed by atoms with Crippen LogP contribution in [0.4, 0.5) is 5.69 Å². The van der Waals surface area contributed by atoms with Gasteiger partial charge in [-0.15, -0.1) is 5.10 Å². The number of benzene rings is 2. The largest absolute Gasteiger partial charge is 0.325 e. The first kappa shape index (κ1) is 21.0. The van der Waals surface area contributed by atoms with Gasteiger partial charge in [0.1, 0.15) is 0 Å². The Morgan fingerprint density at radius 1 is 1.03 bits per heavy atom. The molecule has 0 aliphatic rings. The molecule has 1 aromatic heterocycles. The third-order valence-corrected chi connectivity index (χ3v) is 5.67. The summed E-state index contributed by atoms with van der Waals surface area (Å²) in [5, 5.41) is 15.7. The van der Waals surface area contributed by atoms with Crippen molar-refractivity contribution in [2.24, 2.45) is 0 Å². The Morgan fingerprint density at radius 2 is 1.69 bits per heavy atom. The van der Waals surface area contributed by atoms with Gasteiger partial charge in [-0.05, 0) is 51.9 Å². The minimum absolute atomic E-state index is 0.0654. The van der Waals surface area contributed by atoms with Gasteiger partial charge < -0.3 is 5.32 Å². The van der Waals surface area contributed by atoms with Gasteiger partial charge in [0, 0.05) is 5.69 Å². The van der Waals surface area contributed by atoms with Gasteiger partial charge in [0.25, 0.3) is 0 Å². The quantitative estimate of drug-likeness (QED) is 0.559. The first-order valence-corrected chi connectivity index (χ1v) is 10.8. The van der Waals surface area contributed by atoms with Crippen molar-refractivity contribution < 1.29 is 4.79 Å². The zero-order valence-electron chi connectivity index (χ0n) is 17.5. The molecule has 0 fully saturated rings. The van der Waals surface area contributed by atoms with Crippen LogP contribution in [0.2, 0.25) is 0 Å². The Labute approximate surface area is 176 Å². The second kappa shape index (κ2) is 9.22. The van der Waals surface area contributed by atoms with E-state index in [1.807, 2.05) is 31.2 Å². The van der Waals surface area contributed by atoms with Crippen molar-refractivity contribution in [1.29, 1.82) is 0 Å². The number of nitrogens with one attached hydrogen (secondary N) is 1. The van der Waals surface area contributed by atoms with Crippen LogP contribution in [-0.4, -0.2) is 31.9 Å². The highest BCUT2D eigenvalue weighted by Crippen LogP contribution is 2.32. The summed E-state index contributed by atoms with van der Waals surface area (Å²) < 4.78 is 1.68. The third-order valence-electron chi connectivity index (χ3n) is 4.75. The van der Waals surface area contributed by atoms with Crippen molar-refractivity contribution in [3.8, 4) is 5.69 Å². The van der Waals surface area contributed by atoms with Crippen LogP contribution in [0.3, 0.4) is 0 Å². The van der Waals surface area contributed by atoms with E-state index in [1.165, 1.54) is 11.8 Å². The van der Waals surface area contributed by atoms with E-state index in [2.05, 4.69) is 66.7 Å². The monoisotopic (exact) mass is 409 g/mol. The lowest BCUT2D eigenvalue weighted by Gasteiger charge is -2.20. The summed E-state index contributed by atoms with van der Waals surface area (Å²) in [6.07, 6.45) is 0. The molecule has 0 saturated carbocycles. The van der Waals surface area contributed by atoms with Crippen molar-refractivity contribution in [3.63, 3.8) is 0 Å². The first-order chi connectivity index (χ1) is 13.9. The number of amides is 1. The normalized spacial score (nSPS) is 11.3. The first-order valence-electron chi connectivity index (χ1n) is 9.78. The maximum absolute atomic E-state index is 12.8. The molecule has 3 aromatic rings. The van der Waals surface area contributed by atoms with Crippen molar-refractivity contribution in [1.82, 2.24) is 20.2 Å². The molecular weight excluding hydrogens is 382 g/mol. The van der Waals surface area contributed by atoms with E-state index in [4.69, 9.17) is 0 Å². The number of thioether (sulfide) groups is 1. The van der Waals surface area contributed by atoms with Crippen LogP contribution in [0.5, 0.6) is 0 Å². The highest BCUT2D eigenvalue weighted by atomic mass is 32.2. The van der Waals surface area contributed by atoms with Gasteiger partial charge in [-0.1, -0.05) is 75.9 Å². The van der Waals surface area contributed by atoms with Gasteiger partial charge in [-0.3, -0.25) is 4.79 Å². The van der Waals surface area contributed by atoms with Crippen molar-refractivity contribution in [2.75, 3.05) is 11.1 Å². The topological polar surface area (TPSA) is 72.7 Å². The Bertz CT molecular complexity index is 970. The Kier molecular flexibility index (Phi) is 6.69. The summed E-state index contributed by atoms with van der Waals surface area (Å²) in [4.78, 5) is 12.8. The molecule has 6 nitrogen and oxygen atoms in total. The van der Waals surface area contributed by atoms with Crippen molar-refractivity contribution >= 4 is 23.4 Å². The number of tetrazole rings is 1. The Hall–Kier alpha value is -2.67. The summed E-state index contributed by atoms with van der Waals surface area (Å²) in [5.41, 5.74) is 5.21. The van der Waals surface area contributed by atoms with Crippen LogP contribution >= 0.6 is 11.8 Å². The predicted octanol–water partition coefficient (Wildman–Crippen LogP) is 4.95. The molecule has 1 N–H and O–H groups in total. The fourth-order valence-electron chi connectivity index (χ4n) is 3.22. The molecule has 0 unspecified atom stereocenters. The van der Waals surface area contributed by atoms with Crippen molar-refractivity contribution in [2.45, 2.75) is 51.6 Å². The molecular formula is C22H27N5OS. The van der Waals surface area contributed by atoms with Gasteiger partial charge in [0.15, 0.2) is 0 Å². The van der Waals surface area contributed by atoms with E-state index in [0.717, 1.165) is 28.1 Å². The number of anilines is 1. The molecule has 29 heavy (non-hydrogen) atoms. The van der Waals surface area contributed by atoms with E-state index >= 15 is 0 Å². The zero-order chi connectivity index (χ0) is 21.0. The van der Waals surface area contributed by atoms with Crippen LogP contribution in [0.25, 0.3) is 5.69 Å². The molecule has 0 saturated heterocycles. The zero-order valence-corrected chi connectivity index (χ0v) is 18.3. The minimum Gasteiger partial charge on any atom is -0.325 e. The number of rotatable bonds is 7. The summed E-state index contributed by atoms with van der Waals surface area (Å²) in [6, 6.07) is 14.1. The van der Waals surface area contributed by atoms with Crippen LogP contribution in [-0.2, 0) is 4.79 Å². The smallest absolute Gasteiger partial charge is 0.234 e. The maximum Gasteiger partial charge on any atom is 0.234 e. The molecule has 0 aliphatic heterocycles. The average Bonchev–Trinajstić information content (AvgIpc) is 3.15. The standard InChI is InChI=1S/C22H27N5OS/c1-14(2)17-10-8-11-18(15(3)4)21(17)23-20(28)13-29-22-24-25-26-27(22)19-12-7-6-9-16(19)5/h6-12,14-15H,13H2,1-5H3,(H,23,28). The minimum atomic E-state index is -0.0654. The lowest BCUT2D eigenvalue weighted by atomic mass is 9.92. The summed E-state index contributed by atoms with van der Waals surface area (Å²) >= 11 is 1.33. The molecule has 1 heterocycles. The summed E-state index contributed by atoms with van der Waals surface area (Å²) in [5.74, 6) is 0.815. The summed E-state index contributed by atoms with van der Waals surface area (Å²) in [6.45, 7) is 10.6. The number of carbonyl (C=O) groups excluding carboxylic acids is 1. The fraction of sp³-hybridized carbons (Fsp3) is 0.364. The van der Waals surface area contributed by atoms with Crippen LogP contribution in [0.1, 0.15) is 56.2 Å². The highest BCUT2D eigenvalue weighted by Gasteiger charge is 2.17. The lowest BCUT2D eigenvalue weighted by Crippen LogP contribution is -2.18. The maximum atomic E-state index is 12.8. The van der Waals surface area contributed by atoms with Gasteiger partial charge in [-0.2, -0.15) is 4.68 Å². The second-order valence-electron chi connectivity index (χ2n) is 7.62. The lowest BCUT2D eigenvalue weighted by molar-refractivity contribution is -0.113. The summed E-state index contributed by atoms with van der Waals surface area (Å²) in [7, 11) is 0. The van der Waals surface area contributed by atoms with E-state index in [9.17, 15) is 4.79 Å². The third kappa shape index (κ3) is 4.85. The number of nitrogens with zero attached hydrogens (tertiary/aromatic N) is 4. The number of hydrogen-bond donors (Lipinski definition) is 1. The highest BCUT2D eigenvalue weighted by molar-refractivity contribution is 7.99. The van der Waals surface area contributed by atoms with Crippen molar-refractivity contribution in [3.05, 3.63) is 59.2 Å². The molecule has 0 spiro atoms. The van der Waals surface area contributed by atoms with Gasteiger partial charge in [0.2, 0.25) is 11.1 Å². The molecule has 3 rings (SSSR count). The molecule has 152 valence electrons.